The van der Waals surface area contributed by atoms with Gasteiger partial charge in [0.2, 0.25) is 0 Å². The summed E-state index contributed by atoms with van der Waals surface area (Å²) in [6, 6.07) is 4.42. The Balaban J connectivity index is 2.62. The maximum absolute atomic E-state index is 5.77. The van der Waals surface area contributed by atoms with Crippen LogP contribution in [-0.4, -0.2) is 6.61 Å². The van der Waals surface area contributed by atoms with E-state index in [1.165, 1.54) is 16.7 Å². The first kappa shape index (κ1) is 9.57. The summed E-state index contributed by atoms with van der Waals surface area (Å²) in [5.74, 6) is 1.13. The molecule has 2 rings (SSSR count). The molecule has 0 bridgehead atoms. The molecule has 0 aromatic heterocycles. The van der Waals surface area contributed by atoms with E-state index < -0.39 is 0 Å². The molecule has 1 nitrogen and oxygen atoms in total. The first-order valence-corrected chi connectivity index (χ1v) is 5.26. The Morgan fingerprint density at radius 1 is 1.21 bits per heavy atom. The lowest BCUT2D eigenvalue weighted by molar-refractivity contribution is 0.232. The molecule has 76 valence electrons. The van der Waals surface area contributed by atoms with Crippen molar-refractivity contribution in [3.8, 4) is 5.75 Å². The summed E-state index contributed by atoms with van der Waals surface area (Å²) in [5.41, 5.74) is 4.26. The van der Waals surface area contributed by atoms with Crippen LogP contribution in [0.15, 0.2) is 12.1 Å². The van der Waals surface area contributed by atoms with Crippen LogP contribution in [0.5, 0.6) is 5.75 Å². The van der Waals surface area contributed by atoms with Crippen LogP contribution in [0.2, 0.25) is 0 Å². The Morgan fingerprint density at radius 2 is 1.93 bits per heavy atom. The number of hydrogen-bond acceptors (Lipinski definition) is 1. The van der Waals surface area contributed by atoms with Crippen molar-refractivity contribution in [3.63, 3.8) is 0 Å². The first-order valence-electron chi connectivity index (χ1n) is 5.26. The van der Waals surface area contributed by atoms with Crippen LogP contribution in [0.4, 0.5) is 0 Å². The van der Waals surface area contributed by atoms with Gasteiger partial charge in [0.25, 0.3) is 0 Å². The number of fused-ring (bicyclic) bond motifs is 1. The third-order valence-electron chi connectivity index (χ3n) is 3.38. The second-order valence-corrected chi connectivity index (χ2v) is 4.87. The van der Waals surface area contributed by atoms with Crippen molar-refractivity contribution in [3.05, 3.63) is 28.8 Å². The molecule has 0 saturated heterocycles. The zero-order valence-electron chi connectivity index (χ0n) is 9.48. The molecule has 0 saturated carbocycles. The summed E-state index contributed by atoms with van der Waals surface area (Å²) in [5, 5.41) is 0. The standard InChI is InChI=1S/C13H18O/c1-9-5-6-11-12(10(9)2)14-8-7-13(11,3)4/h5-6H,7-8H2,1-4H3. The van der Waals surface area contributed by atoms with Gasteiger partial charge in [-0.05, 0) is 36.8 Å². The molecular formula is C13H18O. The normalized spacial score (nSPS) is 18.6. The minimum absolute atomic E-state index is 0.270. The molecule has 1 aromatic carbocycles. The third-order valence-corrected chi connectivity index (χ3v) is 3.38. The van der Waals surface area contributed by atoms with Gasteiger partial charge in [-0.25, -0.2) is 0 Å². The summed E-state index contributed by atoms with van der Waals surface area (Å²) in [4.78, 5) is 0. The topological polar surface area (TPSA) is 9.23 Å². The molecule has 1 aliphatic rings. The zero-order valence-corrected chi connectivity index (χ0v) is 9.48. The minimum atomic E-state index is 0.270. The van der Waals surface area contributed by atoms with Crippen LogP contribution >= 0.6 is 0 Å². The van der Waals surface area contributed by atoms with Gasteiger partial charge in [0, 0.05) is 5.56 Å². The van der Waals surface area contributed by atoms with Crippen molar-refractivity contribution >= 4 is 0 Å². The van der Waals surface area contributed by atoms with Crippen LogP contribution in [0.25, 0.3) is 0 Å². The molecule has 1 aromatic rings. The van der Waals surface area contributed by atoms with E-state index in [0.29, 0.717) is 0 Å². The average Bonchev–Trinajstić information content (AvgIpc) is 2.11. The van der Waals surface area contributed by atoms with Crippen molar-refractivity contribution in [2.24, 2.45) is 0 Å². The molecule has 0 unspecified atom stereocenters. The van der Waals surface area contributed by atoms with E-state index in [1.807, 2.05) is 0 Å². The monoisotopic (exact) mass is 190 g/mol. The molecule has 0 fully saturated rings. The van der Waals surface area contributed by atoms with Gasteiger partial charge in [0.1, 0.15) is 5.75 Å². The Hall–Kier alpha value is -0.980. The molecule has 0 amide bonds. The fourth-order valence-electron chi connectivity index (χ4n) is 2.05. The van der Waals surface area contributed by atoms with Gasteiger partial charge < -0.3 is 4.74 Å². The Kier molecular flexibility index (Phi) is 2.06. The van der Waals surface area contributed by atoms with Crippen molar-refractivity contribution < 1.29 is 4.74 Å². The van der Waals surface area contributed by atoms with E-state index in [2.05, 4.69) is 39.8 Å². The van der Waals surface area contributed by atoms with E-state index in [9.17, 15) is 0 Å². The molecule has 0 spiro atoms. The molecule has 0 radical (unpaired) electrons. The highest BCUT2D eigenvalue weighted by molar-refractivity contribution is 5.49. The minimum Gasteiger partial charge on any atom is -0.493 e. The van der Waals surface area contributed by atoms with Gasteiger partial charge in [-0.3, -0.25) is 0 Å². The van der Waals surface area contributed by atoms with Crippen LogP contribution in [-0.2, 0) is 5.41 Å². The molecule has 0 atom stereocenters. The molecule has 1 heteroatoms. The van der Waals surface area contributed by atoms with E-state index in [1.54, 1.807) is 0 Å². The summed E-state index contributed by atoms with van der Waals surface area (Å²) in [6.45, 7) is 9.73. The van der Waals surface area contributed by atoms with Gasteiger partial charge in [0.15, 0.2) is 0 Å². The molecule has 1 aliphatic heterocycles. The molecule has 1 heterocycles. The first-order chi connectivity index (χ1) is 6.52. The van der Waals surface area contributed by atoms with E-state index >= 15 is 0 Å². The zero-order chi connectivity index (χ0) is 10.3. The highest BCUT2D eigenvalue weighted by Crippen LogP contribution is 2.40. The number of ether oxygens (including phenoxy) is 1. The van der Waals surface area contributed by atoms with Gasteiger partial charge in [-0.1, -0.05) is 26.0 Å². The van der Waals surface area contributed by atoms with Crippen LogP contribution in [0, 0.1) is 13.8 Å². The van der Waals surface area contributed by atoms with E-state index in [0.717, 1.165) is 18.8 Å². The molecular weight excluding hydrogens is 172 g/mol. The second kappa shape index (κ2) is 3.01. The summed E-state index contributed by atoms with van der Waals surface area (Å²) in [6.07, 6.45) is 1.11. The highest BCUT2D eigenvalue weighted by atomic mass is 16.5. The summed E-state index contributed by atoms with van der Waals surface area (Å²) >= 11 is 0. The average molecular weight is 190 g/mol. The quantitative estimate of drug-likeness (QED) is 0.609. The van der Waals surface area contributed by atoms with Gasteiger partial charge >= 0.3 is 0 Å². The number of hydrogen-bond donors (Lipinski definition) is 0. The number of rotatable bonds is 0. The predicted molar refractivity (Wildman–Crippen MR) is 59.1 cm³/mol. The predicted octanol–water partition coefficient (Wildman–Crippen LogP) is 3.36. The van der Waals surface area contributed by atoms with Gasteiger partial charge in [0.05, 0.1) is 6.61 Å². The molecule has 0 aliphatic carbocycles. The molecule has 0 N–H and O–H groups in total. The van der Waals surface area contributed by atoms with Crippen LogP contribution in [0.3, 0.4) is 0 Å². The van der Waals surface area contributed by atoms with Gasteiger partial charge in [-0.15, -0.1) is 0 Å². The number of benzene rings is 1. The maximum atomic E-state index is 5.77. The SMILES string of the molecule is Cc1ccc2c(c1C)OCCC2(C)C. The summed E-state index contributed by atoms with van der Waals surface area (Å²) in [7, 11) is 0. The van der Waals surface area contributed by atoms with Crippen LogP contribution in [0.1, 0.15) is 37.0 Å². The van der Waals surface area contributed by atoms with E-state index in [4.69, 9.17) is 4.74 Å². The third kappa shape index (κ3) is 1.31. The van der Waals surface area contributed by atoms with E-state index in [-0.39, 0.29) is 5.41 Å². The van der Waals surface area contributed by atoms with Crippen molar-refractivity contribution in [2.45, 2.75) is 39.5 Å². The lowest BCUT2D eigenvalue weighted by atomic mass is 9.78. The Bertz CT molecular complexity index is 364. The molecule has 14 heavy (non-hydrogen) atoms. The fourth-order valence-corrected chi connectivity index (χ4v) is 2.05. The fraction of sp³-hybridized carbons (Fsp3) is 0.538. The smallest absolute Gasteiger partial charge is 0.126 e. The van der Waals surface area contributed by atoms with Gasteiger partial charge in [-0.2, -0.15) is 0 Å². The van der Waals surface area contributed by atoms with Crippen molar-refractivity contribution in [1.82, 2.24) is 0 Å². The van der Waals surface area contributed by atoms with Crippen molar-refractivity contribution in [2.75, 3.05) is 6.61 Å². The van der Waals surface area contributed by atoms with Crippen molar-refractivity contribution in [1.29, 1.82) is 0 Å². The summed E-state index contributed by atoms with van der Waals surface area (Å²) < 4.78 is 5.77. The Labute approximate surface area is 86.1 Å². The lowest BCUT2D eigenvalue weighted by Gasteiger charge is -2.33. The maximum Gasteiger partial charge on any atom is 0.126 e. The number of aryl methyl sites for hydroxylation is 1. The second-order valence-electron chi connectivity index (χ2n) is 4.87. The largest absolute Gasteiger partial charge is 0.493 e. The Morgan fingerprint density at radius 3 is 2.64 bits per heavy atom. The highest BCUT2D eigenvalue weighted by Gasteiger charge is 2.29. The lowest BCUT2D eigenvalue weighted by Crippen LogP contribution is -2.27. The van der Waals surface area contributed by atoms with Crippen LogP contribution < -0.4 is 4.74 Å².